The Bertz CT molecular complexity index is 578. The quantitative estimate of drug-likeness (QED) is 0.599. The van der Waals surface area contributed by atoms with Crippen molar-refractivity contribution >= 4 is 33.4 Å². The van der Waals surface area contributed by atoms with Crippen LogP contribution >= 0.6 is 15.9 Å². The van der Waals surface area contributed by atoms with Crippen molar-refractivity contribution in [2.75, 3.05) is 10.7 Å². The van der Waals surface area contributed by atoms with Gasteiger partial charge in [0, 0.05) is 6.20 Å². The molecule has 1 heterocycles. The van der Waals surface area contributed by atoms with Crippen molar-refractivity contribution in [1.82, 2.24) is 9.97 Å². The second kappa shape index (κ2) is 5.23. The highest BCUT2D eigenvalue weighted by molar-refractivity contribution is 9.10. The van der Waals surface area contributed by atoms with Gasteiger partial charge in [-0.15, -0.1) is 0 Å². The Labute approximate surface area is 110 Å². The summed E-state index contributed by atoms with van der Waals surface area (Å²) in [6.45, 7) is 0. The molecule has 5 nitrogen and oxygen atoms in total. The Hall–Kier alpha value is -1.80. The summed E-state index contributed by atoms with van der Waals surface area (Å²) < 4.78 is 27.0. The number of benzene rings is 1. The molecule has 0 saturated heterocycles. The maximum Gasteiger partial charge on any atom is 0.239 e. The van der Waals surface area contributed by atoms with E-state index in [0.717, 1.165) is 6.07 Å². The van der Waals surface area contributed by atoms with E-state index >= 15 is 0 Å². The van der Waals surface area contributed by atoms with E-state index < -0.39 is 11.6 Å². The van der Waals surface area contributed by atoms with E-state index in [-0.39, 0.29) is 17.5 Å². The topological polar surface area (TPSA) is 75.9 Å². The molecule has 0 saturated carbocycles. The number of hydrogen-bond donors (Lipinski definition) is 3. The summed E-state index contributed by atoms with van der Waals surface area (Å²) in [5, 5.41) is 2.65. The summed E-state index contributed by atoms with van der Waals surface area (Å²) >= 11 is 3.19. The van der Waals surface area contributed by atoms with Crippen molar-refractivity contribution in [3.63, 3.8) is 0 Å². The van der Waals surface area contributed by atoms with Gasteiger partial charge in [-0.1, -0.05) is 6.07 Å². The Morgan fingerprint density at radius 1 is 1.28 bits per heavy atom. The van der Waals surface area contributed by atoms with E-state index in [9.17, 15) is 8.78 Å². The van der Waals surface area contributed by atoms with Gasteiger partial charge in [0.15, 0.2) is 17.5 Å². The molecule has 0 atom stereocenters. The van der Waals surface area contributed by atoms with Crippen LogP contribution in [0.1, 0.15) is 0 Å². The van der Waals surface area contributed by atoms with Crippen LogP contribution in [0.3, 0.4) is 0 Å². The molecule has 1 aromatic heterocycles. The van der Waals surface area contributed by atoms with Gasteiger partial charge in [-0.25, -0.2) is 19.6 Å². The highest BCUT2D eigenvalue weighted by Gasteiger charge is 2.10. The van der Waals surface area contributed by atoms with Crippen molar-refractivity contribution in [3.8, 4) is 0 Å². The molecule has 1 aromatic carbocycles. The third-order valence-electron chi connectivity index (χ3n) is 2.08. The zero-order valence-corrected chi connectivity index (χ0v) is 10.5. The van der Waals surface area contributed by atoms with Gasteiger partial charge in [0.25, 0.3) is 0 Å². The largest absolute Gasteiger partial charge is 0.337 e. The normalized spacial score (nSPS) is 10.2. The Kier molecular flexibility index (Phi) is 3.68. The second-order valence-corrected chi connectivity index (χ2v) is 4.12. The Morgan fingerprint density at radius 2 is 2.06 bits per heavy atom. The molecule has 4 N–H and O–H groups in total. The number of nitrogen functional groups attached to an aromatic ring is 1. The molecule has 2 aromatic rings. The summed E-state index contributed by atoms with van der Waals surface area (Å²) in [6, 6.07) is 3.81. The van der Waals surface area contributed by atoms with E-state index in [0.29, 0.717) is 4.47 Å². The van der Waals surface area contributed by atoms with Crippen LogP contribution in [-0.4, -0.2) is 9.97 Å². The fourth-order valence-corrected chi connectivity index (χ4v) is 1.54. The number of nitrogens with one attached hydrogen (secondary N) is 2. The summed E-state index contributed by atoms with van der Waals surface area (Å²) in [5.74, 6) is 3.66. The van der Waals surface area contributed by atoms with Crippen molar-refractivity contribution in [2.45, 2.75) is 0 Å². The predicted octanol–water partition coefficient (Wildman–Crippen LogP) is 2.55. The van der Waals surface area contributed by atoms with Crippen LogP contribution in [-0.2, 0) is 0 Å². The Balaban J connectivity index is 2.36. The van der Waals surface area contributed by atoms with Crippen molar-refractivity contribution < 1.29 is 8.78 Å². The lowest BCUT2D eigenvalue weighted by atomic mass is 10.3. The van der Waals surface area contributed by atoms with Gasteiger partial charge in [0.1, 0.15) is 0 Å². The monoisotopic (exact) mass is 315 g/mol. The number of rotatable bonds is 3. The van der Waals surface area contributed by atoms with Gasteiger partial charge in [0.2, 0.25) is 5.95 Å². The number of anilines is 3. The first-order valence-corrected chi connectivity index (χ1v) is 5.61. The second-order valence-electron chi connectivity index (χ2n) is 3.26. The smallest absolute Gasteiger partial charge is 0.239 e. The number of hydrogen-bond acceptors (Lipinski definition) is 5. The first kappa shape index (κ1) is 12.7. The van der Waals surface area contributed by atoms with Gasteiger partial charge in [-0.2, -0.15) is 4.98 Å². The first-order chi connectivity index (χ1) is 8.61. The van der Waals surface area contributed by atoms with Crippen LogP contribution in [0.2, 0.25) is 0 Å². The van der Waals surface area contributed by atoms with E-state index in [1.165, 1.54) is 18.3 Å². The van der Waals surface area contributed by atoms with Gasteiger partial charge >= 0.3 is 0 Å². The molecular weight excluding hydrogens is 308 g/mol. The predicted molar refractivity (Wildman–Crippen MR) is 67.2 cm³/mol. The molecule has 0 amide bonds. The first-order valence-electron chi connectivity index (χ1n) is 4.82. The number of nitrogens with two attached hydrogens (primary N) is 1. The van der Waals surface area contributed by atoms with Crippen LogP contribution in [0.5, 0.6) is 0 Å². The van der Waals surface area contributed by atoms with Crippen molar-refractivity contribution in [2.24, 2.45) is 5.84 Å². The molecule has 0 unspecified atom stereocenters. The molecule has 0 aliphatic rings. The Morgan fingerprint density at radius 3 is 2.78 bits per heavy atom. The third kappa shape index (κ3) is 2.54. The van der Waals surface area contributed by atoms with Crippen LogP contribution in [0.25, 0.3) is 0 Å². The lowest BCUT2D eigenvalue weighted by Crippen LogP contribution is -2.11. The molecule has 8 heteroatoms. The highest BCUT2D eigenvalue weighted by atomic mass is 79.9. The molecule has 18 heavy (non-hydrogen) atoms. The maximum absolute atomic E-state index is 13.5. The molecule has 0 fully saturated rings. The zero-order valence-electron chi connectivity index (χ0n) is 8.92. The number of aromatic nitrogens is 2. The number of nitrogens with zero attached hydrogens (tertiary/aromatic N) is 2. The average Bonchev–Trinajstić information content (AvgIpc) is 2.37. The van der Waals surface area contributed by atoms with Crippen LogP contribution in [0.15, 0.2) is 28.9 Å². The minimum Gasteiger partial charge on any atom is -0.337 e. The van der Waals surface area contributed by atoms with Crippen molar-refractivity contribution in [1.29, 1.82) is 0 Å². The lowest BCUT2D eigenvalue weighted by molar-refractivity contribution is 0.511. The lowest BCUT2D eigenvalue weighted by Gasteiger charge is -2.09. The van der Waals surface area contributed by atoms with Crippen LogP contribution in [0, 0.1) is 11.6 Å². The summed E-state index contributed by atoms with van der Waals surface area (Å²) in [5.41, 5.74) is 2.23. The van der Waals surface area contributed by atoms with Gasteiger partial charge < -0.3 is 5.32 Å². The van der Waals surface area contributed by atoms with Gasteiger partial charge in [-0.3, -0.25) is 5.43 Å². The molecule has 0 bridgehead atoms. The molecule has 0 aliphatic heterocycles. The molecule has 94 valence electrons. The maximum atomic E-state index is 13.5. The number of halogens is 3. The van der Waals surface area contributed by atoms with E-state index in [4.69, 9.17) is 5.84 Å². The SMILES string of the molecule is NNc1ncc(Br)c(Nc2cccc(F)c2F)n1. The molecule has 2 rings (SSSR count). The highest BCUT2D eigenvalue weighted by Crippen LogP contribution is 2.26. The standard InChI is InChI=1S/C10H8BrF2N5/c11-5-4-15-10(18-14)17-9(5)16-7-3-1-2-6(12)8(7)13/h1-4H,14H2,(H2,15,16,17,18). The minimum absolute atomic E-state index is 0.0302. The molecule has 0 radical (unpaired) electrons. The summed E-state index contributed by atoms with van der Waals surface area (Å²) in [4.78, 5) is 7.80. The van der Waals surface area contributed by atoms with E-state index in [2.05, 4.69) is 36.6 Å². The fraction of sp³-hybridized carbons (Fsp3) is 0. The van der Waals surface area contributed by atoms with Crippen LogP contribution in [0.4, 0.5) is 26.2 Å². The van der Waals surface area contributed by atoms with Gasteiger partial charge in [-0.05, 0) is 28.1 Å². The molecular formula is C10H8BrF2N5. The van der Waals surface area contributed by atoms with Crippen LogP contribution < -0.4 is 16.6 Å². The summed E-state index contributed by atoms with van der Waals surface area (Å²) in [6.07, 6.45) is 1.43. The van der Waals surface area contributed by atoms with Crippen molar-refractivity contribution in [3.05, 3.63) is 40.5 Å². The third-order valence-corrected chi connectivity index (χ3v) is 2.66. The molecule has 0 aliphatic carbocycles. The van der Waals surface area contributed by atoms with Gasteiger partial charge in [0.05, 0.1) is 10.2 Å². The zero-order chi connectivity index (χ0) is 13.1. The average molecular weight is 316 g/mol. The fourth-order valence-electron chi connectivity index (χ4n) is 1.25. The summed E-state index contributed by atoms with van der Waals surface area (Å²) in [7, 11) is 0. The number of hydrazine groups is 1. The van der Waals surface area contributed by atoms with E-state index in [1.807, 2.05) is 0 Å². The minimum atomic E-state index is -0.981. The van der Waals surface area contributed by atoms with E-state index in [1.54, 1.807) is 0 Å². The molecule has 0 spiro atoms.